The van der Waals surface area contributed by atoms with Crippen molar-refractivity contribution in [2.45, 2.75) is 20.4 Å². The zero-order valence-corrected chi connectivity index (χ0v) is 11.5. The molecule has 0 spiro atoms. The first-order valence-corrected chi connectivity index (χ1v) is 6.41. The number of rotatable bonds is 3. The van der Waals surface area contributed by atoms with Gasteiger partial charge in [-0.3, -0.25) is 0 Å². The number of amides is 2. The Bertz CT molecular complexity index is 626. The smallest absolute Gasteiger partial charge is 0.319 e. The number of urea groups is 1. The minimum atomic E-state index is -0.308. The summed E-state index contributed by atoms with van der Waals surface area (Å²) in [6.45, 7) is 4.29. The zero-order chi connectivity index (χ0) is 14.5. The van der Waals surface area contributed by atoms with Gasteiger partial charge in [0.2, 0.25) is 0 Å². The molecule has 0 unspecified atom stereocenters. The number of aryl methyl sites for hydroxylation is 2. The maximum Gasteiger partial charge on any atom is 0.319 e. The van der Waals surface area contributed by atoms with E-state index in [-0.39, 0.29) is 18.4 Å². The highest BCUT2D eigenvalue weighted by Gasteiger charge is 2.03. The molecule has 2 rings (SSSR count). The summed E-state index contributed by atoms with van der Waals surface area (Å²) >= 11 is 0. The number of nitrogens with one attached hydrogen (secondary N) is 2. The van der Waals surface area contributed by atoms with Crippen LogP contribution >= 0.6 is 0 Å². The van der Waals surface area contributed by atoms with E-state index in [4.69, 9.17) is 0 Å². The molecule has 0 aliphatic rings. The number of hydrogen-bond donors (Lipinski definition) is 2. The third-order valence-electron chi connectivity index (χ3n) is 3.11. The van der Waals surface area contributed by atoms with Crippen LogP contribution in [0, 0.1) is 19.7 Å². The van der Waals surface area contributed by atoms with Crippen molar-refractivity contribution < 1.29 is 9.18 Å². The SMILES string of the molecule is Cc1ccc(NC(=O)NCc2cccc(F)c2)cc1C. The quantitative estimate of drug-likeness (QED) is 0.877. The van der Waals surface area contributed by atoms with Crippen molar-refractivity contribution in [1.82, 2.24) is 5.32 Å². The van der Waals surface area contributed by atoms with Crippen LogP contribution < -0.4 is 10.6 Å². The highest BCUT2D eigenvalue weighted by Crippen LogP contribution is 2.14. The van der Waals surface area contributed by atoms with E-state index in [1.807, 2.05) is 32.0 Å². The molecule has 0 heterocycles. The molecule has 104 valence electrons. The Hall–Kier alpha value is -2.36. The molecule has 0 aliphatic carbocycles. The molecule has 0 atom stereocenters. The van der Waals surface area contributed by atoms with Gasteiger partial charge >= 0.3 is 6.03 Å². The molecule has 0 saturated carbocycles. The van der Waals surface area contributed by atoms with Crippen molar-refractivity contribution in [2.75, 3.05) is 5.32 Å². The molecule has 0 saturated heterocycles. The molecule has 0 radical (unpaired) electrons. The van der Waals surface area contributed by atoms with E-state index in [0.29, 0.717) is 0 Å². The molecule has 0 aliphatic heterocycles. The lowest BCUT2D eigenvalue weighted by Crippen LogP contribution is -2.28. The lowest BCUT2D eigenvalue weighted by atomic mass is 10.1. The van der Waals surface area contributed by atoms with Crippen molar-refractivity contribution in [2.24, 2.45) is 0 Å². The molecule has 3 nitrogen and oxygen atoms in total. The van der Waals surface area contributed by atoms with Gasteiger partial charge < -0.3 is 10.6 Å². The molecule has 0 aromatic heterocycles. The van der Waals surface area contributed by atoms with Crippen LogP contribution in [0.1, 0.15) is 16.7 Å². The highest BCUT2D eigenvalue weighted by molar-refractivity contribution is 5.89. The van der Waals surface area contributed by atoms with Gasteiger partial charge in [-0.25, -0.2) is 9.18 Å². The summed E-state index contributed by atoms with van der Waals surface area (Å²) in [5.74, 6) is -0.307. The Morgan fingerprint density at radius 3 is 2.60 bits per heavy atom. The molecule has 0 bridgehead atoms. The van der Waals surface area contributed by atoms with E-state index in [1.165, 1.54) is 17.7 Å². The van der Waals surface area contributed by atoms with Crippen molar-refractivity contribution in [1.29, 1.82) is 0 Å². The van der Waals surface area contributed by atoms with Gasteiger partial charge in [0.1, 0.15) is 5.82 Å². The fraction of sp³-hybridized carbons (Fsp3) is 0.188. The van der Waals surface area contributed by atoms with Crippen LogP contribution in [-0.4, -0.2) is 6.03 Å². The van der Waals surface area contributed by atoms with Gasteiger partial charge in [0.15, 0.2) is 0 Å². The summed E-state index contributed by atoms with van der Waals surface area (Å²) < 4.78 is 13.0. The summed E-state index contributed by atoms with van der Waals surface area (Å²) in [6, 6.07) is 11.6. The van der Waals surface area contributed by atoms with Crippen LogP contribution in [0.15, 0.2) is 42.5 Å². The third kappa shape index (κ3) is 3.82. The van der Waals surface area contributed by atoms with E-state index in [9.17, 15) is 9.18 Å². The van der Waals surface area contributed by atoms with Crippen LogP contribution in [0.2, 0.25) is 0 Å². The lowest BCUT2D eigenvalue weighted by molar-refractivity contribution is 0.251. The van der Waals surface area contributed by atoms with Crippen LogP contribution in [0.25, 0.3) is 0 Å². The fourth-order valence-corrected chi connectivity index (χ4v) is 1.82. The number of benzene rings is 2. The molecule has 4 heteroatoms. The molecular weight excluding hydrogens is 255 g/mol. The van der Waals surface area contributed by atoms with Crippen LogP contribution in [0.4, 0.5) is 14.9 Å². The Morgan fingerprint density at radius 2 is 1.90 bits per heavy atom. The molecule has 2 aromatic rings. The monoisotopic (exact) mass is 272 g/mol. The highest BCUT2D eigenvalue weighted by atomic mass is 19.1. The summed E-state index contributed by atoms with van der Waals surface area (Å²) in [5.41, 5.74) is 3.76. The Labute approximate surface area is 117 Å². The number of halogens is 1. The molecular formula is C16H17FN2O. The van der Waals surface area contributed by atoms with Crippen molar-refractivity contribution in [3.63, 3.8) is 0 Å². The van der Waals surface area contributed by atoms with Crippen LogP contribution in [-0.2, 0) is 6.54 Å². The largest absolute Gasteiger partial charge is 0.334 e. The second-order valence-electron chi connectivity index (χ2n) is 4.74. The first-order chi connectivity index (χ1) is 9.54. The fourth-order valence-electron chi connectivity index (χ4n) is 1.82. The van der Waals surface area contributed by atoms with Gasteiger partial charge in [0.25, 0.3) is 0 Å². The summed E-state index contributed by atoms with van der Waals surface area (Å²) in [7, 11) is 0. The topological polar surface area (TPSA) is 41.1 Å². The standard InChI is InChI=1S/C16H17FN2O/c1-11-6-7-15(8-12(11)2)19-16(20)18-10-13-4-3-5-14(17)9-13/h3-9H,10H2,1-2H3,(H2,18,19,20). The predicted octanol–water partition coefficient (Wildman–Crippen LogP) is 3.76. The first kappa shape index (κ1) is 14.1. The van der Waals surface area contributed by atoms with Crippen molar-refractivity contribution in [3.05, 3.63) is 65.0 Å². The second kappa shape index (κ2) is 6.19. The zero-order valence-electron chi connectivity index (χ0n) is 11.5. The van der Waals surface area contributed by atoms with Gasteiger partial charge in [-0.05, 0) is 54.8 Å². The van der Waals surface area contributed by atoms with E-state index < -0.39 is 0 Å². The van der Waals surface area contributed by atoms with Crippen molar-refractivity contribution in [3.8, 4) is 0 Å². The van der Waals surface area contributed by atoms with Gasteiger partial charge in [-0.15, -0.1) is 0 Å². The van der Waals surface area contributed by atoms with E-state index in [2.05, 4.69) is 10.6 Å². The maximum absolute atomic E-state index is 13.0. The first-order valence-electron chi connectivity index (χ1n) is 6.41. The Morgan fingerprint density at radius 1 is 1.10 bits per heavy atom. The third-order valence-corrected chi connectivity index (χ3v) is 3.11. The number of carbonyl (C=O) groups excluding carboxylic acids is 1. The number of anilines is 1. The van der Waals surface area contributed by atoms with Gasteiger partial charge in [-0.1, -0.05) is 18.2 Å². The average Bonchev–Trinajstić information content (AvgIpc) is 2.41. The van der Waals surface area contributed by atoms with Gasteiger partial charge in [-0.2, -0.15) is 0 Å². The van der Waals surface area contributed by atoms with E-state index in [1.54, 1.807) is 12.1 Å². The normalized spacial score (nSPS) is 10.2. The second-order valence-corrected chi connectivity index (χ2v) is 4.74. The summed E-state index contributed by atoms with van der Waals surface area (Å²) in [5, 5.41) is 5.44. The molecule has 0 fully saturated rings. The van der Waals surface area contributed by atoms with Crippen LogP contribution in [0.5, 0.6) is 0 Å². The molecule has 20 heavy (non-hydrogen) atoms. The molecule has 2 aromatic carbocycles. The molecule has 2 amide bonds. The molecule has 2 N–H and O–H groups in total. The van der Waals surface area contributed by atoms with E-state index >= 15 is 0 Å². The Balaban J connectivity index is 1.91. The van der Waals surface area contributed by atoms with Crippen LogP contribution in [0.3, 0.4) is 0 Å². The minimum Gasteiger partial charge on any atom is -0.334 e. The van der Waals surface area contributed by atoms with Gasteiger partial charge in [0.05, 0.1) is 0 Å². The minimum absolute atomic E-state index is 0.286. The van der Waals surface area contributed by atoms with E-state index in [0.717, 1.165) is 16.8 Å². The Kier molecular flexibility index (Phi) is 4.35. The van der Waals surface area contributed by atoms with Gasteiger partial charge in [0, 0.05) is 12.2 Å². The number of carbonyl (C=O) groups is 1. The summed E-state index contributed by atoms with van der Waals surface area (Å²) in [6.07, 6.45) is 0. The predicted molar refractivity (Wildman–Crippen MR) is 78.2 cm³/mol. The summed E-state index contributed by atoms with van der Waals surface area (Å²) in [4.78, 5) is 11.8. The number of hydrogen-bond acceptors (Lipinski definition) is 1. The van der Waals surface area contributed by atoms with Crippen molar-refractivity contribution >= 4 is 11.7 Å². The maximum atomic E-state index is 13.0. The lowest BCUT2D eigenvalue weighted by Gasteiger charge is -2.09. The average molecular weight is 272 g/mol.